The number of nitrogens with zero attached hydrogens (tertiary/aromatic N) is 2. The van der Waals surface area contributed by atoms with Gasteiger partial charge in [0.1, 0.15) is 0 Å². The zero-order chi connectivity index (χ0) is 14.8. The molecule has 2 N–H and O–H groups in total. The monoisotopic (exact) mass is 282 g/mol. The summed E-state index contributed by atoms with van der Waals surface area (Å²) in [4.78, 5) is 30.9. The van der Waals surface area contributed by atoms with Crippen LogP contribution in [0.25, 0.3) is 10.9 Å². The van der Waals surface area contributed by atoms with Crippen molar-refractivity contribution in [2.75, 3.05) is 7.05 Å². The molecule has 2 heterocycles. The second-order valence-electron chi connectivity index (χ2n) is 4.64. The highest BCUT2D eigenvalue weighted by Gasteiger charge is 2.13. The van der Waals surface area contributed by atoms with Crippen molar-refractivity contribution < 1.29 is 4.79 Å². The van der Waals surface area contributed by atoms with Crippen LogP contribution in [0.4, 0.5) is 0 Å². The first-order valence-corrected chi connectivity index (χ1v) is 6.53. The smallest absolute Gasteiger partial charge is 0.282 e. The summed E-state index contributed by atoms with van der Waals surface area (Å²) in [5.74, 6) is -0.478. The van der Waals surface area contributed by atoms with Gasteiger partial charge in [0, 0.05) is 36.5 Å². The average molecular weight is 282 g/mol. The van der Waals surface area contributed by atoms with Crippen LogP contribution in [0, 0.1) is 0 Å². The van der Waals surface area contributed by atoms with E-state index >= 15 is 0 Å². The molecule has 3 rings (SSSR count). The van der Waals surface area contributed by atoms with E-state index in [1.165, 1.54) is 17.8 Å². The van der Waals surface area contributed by atoms with Crippen molar-refractivity contribution in [1.82, 2.24) is 19.9 Å². The number of carbonyl (C=O) groups excluding carboxylic acids is 1. The summed E-state index contributed by atoms with van der Waals surface area (Å²) in [6, 6.07) is 7.84. The Morgan fingerprint density at radius 1 is 1.38 bits per heavy atom. The van der Waals surface area contributed by atoms with Crippen LogP contribution in [0.3, 0.4) is 0 Å². The maximum absolute atomic E-state index is 12.3. The fourth-order valence-corrected chi connectivity index (χ4v) is 2.32. The molecular formula is C15H14N4O2. The number of benzene rings is 1. The predicted octanol–water partition coefficient (Wildman–Crippen LogP) is 1.13. The number of hydrogen-bond acceptors (Lipinski definition) is 3. The molecule has 0 saturated heterocycles. The van der Waals surface area contributed by atoms with E-state index in [4.69, 9.17) is 0 Å². The van der Waals surface area contributed by atoms with Crippen molar-refractivity contribution >= 4 is 16.8 Å². The van der Waals surface area contributed by atoms with Crippen LogP contribution in [0.5, 0.6) is 0 Å². The van der Waals surface area contributed by atoms with E-state index in [9.17, 15) is 9.59 Å². The van der Waals surface area contributed by atoms with Crippen LogP contribution < -0.4 is 10.9 Å². The lowest BCUT2D eigenvalue weighted by atomic mass is 10.1. The third kappa shape index (κ3) is 2.31. The van der Waals surface area contributed by atoms with E-state index in [2.05, 4.69) is 15.3 Å². The normalized spacial score (nSPS) is 10.7. The van der Waals surface area contributed by atoms with Crippen molar-refractivity contribution in [1.29, 1.82) is 0 Å². The third-order valence-electron chi connectivity index (χ3n) is 3.38. The number of amides is 1. The average Bonchev–Trinajstić information content (AvgIpc) is 2.98. The highest BCUT2D eigenvalue weighted by Crippen LogP contribution is 2.17. The summed E-state index contributed by atoms with van der Waals surface area (Å²) in [5, 5.41) is 3.48. The fourth-order valence-electron chi connectivity index (χ4n) is 2.32. The van der Waals surface area contributed by atoms with E-state index in [0.29, 0.717) is 6.54 Å². The van der Waals surface area contributed by atoms with E-state index in [-0.39, 0.29) is 5.69 Å². The predicted molar refractivity (Wildman–Crippen MR) is 79.3 cm³/mol. The van der Waals surface area contributed by atoms with Crippen molar-refractivity contribution in [3.05, 3.63) is 64.5 Å². The summed E-state index contributed by atoms with van der Waals surface area (Å²) in [6.45, 7) is 0.389. The maximum Gasteiger partial charge on any atom is 0.282 e. The van der Waals surface area contributed by atoms with Gasteiger partial charge in [-0.15, -0.1) is 0 Å². The van der Waals surface area contributed by atoms with Crippen LogP contribution >= 0.6 is 0 Å². The minimum atomic E-state index is -0.478. The first kappa shape index (κ1) is 13.1. The number of H-pyrrole nitrogens is 1. The van der Waals surface area contributed by atoms with Crippen molar-refractivity contribution in [3.63, 3.8) is 0 Å². The Labute approximate surface area is 120 Å². The first-order valence-electron chi connectivity index (χ1n) is 6.53. The van der Waals surface area contributed by atoms with Gasteiger partial charge in [0.2, 0.25) is 0 Å². The zero-order valence-corrected chi connectivity index (χ0v) is 11.5. The quantitative estimate of drug-likeness (QED) is 0.756. The van der Waals surface area contributed by atoms with Gasteiger partial charge in [-0.05, 0) is 17.7 Å². The van der Waals surface area contributed by atoms with Crippen LogP contribution in [0.1, 0.15) is 16.1 Å². The summed E-state index contributed by atoms with van der Waals surface area (Å²) < 4.78 is 1.49. The van der Waals surface area contributed by atoms with E-state index in [1.807, 2.05) is 30.5 Å². The Kier molecular flexibility index (Phi) is 3.27. The van der Waals surface area contributed by atoms with Crippen molar-refractivity contribution in [2.45, 2.75) is 6.54 Å². The number of aromatic nitrogens is 3. The Balaban J connectivity index is 2.04. The minimum Gasteiger partial charge on any atom is -0.361 e. The molecule has 3 aromatic rings. The maximum atomic E-state index is 12.3. The molecule has 6 heteroatoms. The summed E-state index contributed by atoms with van der Waals surface area (Å²) in [7, 11) is 1.47. The molecule has 0 aliphatic heterocycles. The molecule has 0 spiro atoms. The van der Waals surface area contributed by atoms with Crippen molar-refractivity contribution in [3.8, 4) is 0 Å². The second-order valence-corrected chi connectivity index (χ2v) is 4.64. The van der Waals surface area contributed by atoms with Gasteiger partial charge in [0.25, 0.3) is 11.5 Å². The highest BCUT2D eigenvalue weighted by molar-refractivity contribution is 5.91. The van der Waals surface area contributed by atoms with E-state index < -0.39 is 11.5 Å². The number of nitrogens with one attached hydrogen (secondary N) is 2. The molecular weight excluding hydrogens is 268 g/mol. The molecule has 0 unspecified atom stereocenters. The van der Waals surface area contributed by atoms with Crippen LogP contribution in [0.2, 0.25) is 0 Å². The molecule has 1 amide bonds. The summed E-state index contributed by atoms with van der Waals surface area (Å²) in [6.07, 6.45) is 4.91. The van der Waals surface area contributed by atoms with Gasteiger partial charge in [0.15, 0.2) is 5.69 Å². The van der Waals surface area contributed by atoms with Gasteiger partial charge in [-0.25, -0.2) is 4.98 Å². The molecule has 2 aromatic heterocycles. The van der Waals surface area contributed by atoms with Crippen molar-refractivity contribution in [2.24, 2.45) is 0 Å². The molecule has 0 bridgehead atoms. The van der Waals surface area contributed by atoms with Crippen LogP contribution in [-0.4, -0.2) is 27.5 Å². The van der Waals surface area contributed by atoms with Crippen LogP contribution in [-0.2, 0) is 6.54 Å². The van der Waals surface area contributed by atoms with Gasteiger partial charge in [-0.2, -0.15) is 0 Å². The number of aromatic amines is 1. The lowest BCUT2D eigenvalue weighted by Gasteiger charge is -2.08. The lowest BCUT2D eigenvalue weighted by molar-refractivity contribution is 0.0956. The SMILES string of the molecule is CNC(=O)c1nccn(Cc2cccc3[nH]ccc23)c1=O. The summed E-state index contributed by atoms with van der Waals surface area (Å²) in [5.41, 5.74) is 1.52. The number of rotatable bonds is 3. The first-order chi connectivity index (χ1) is 10.2. The number of carbonyl (C=O) groups is 1. The largest absolute Gasteiger partial charge is 0.361 e. The molecule has 0 aliphatic rings. The standard InChI is InChI=1S/C15H14N4O2/c1-16-14(20)13-15(21)19(8-7-18-13)9-10-3-2-4-12-11(10)5-6-17-12/h2-8,17H,9H2,1H3,(H,16,20). The molecule has 0 radical (unpaired) electrons. The Morgan fingerprint density at radius 3 is 3.05 bits per heavy atom. The molecule has 106 valence electrons. The minimum absolute atomic E-state index is 0.0961. The van der Waals surface area contributed by atoms with Gasteiger partial charge in [-0.1, -0.05) is 12.1 Å². The van der Waals surface area contributed by atoms with Gasteiger partial charge >= 0.3 is 0 Å². The molecule has 0 fully saturated rings. The van der Waals surface area contributed by atoms with E-state index in [0.717, 1.165) is 16.5 Å². The molecule has 1 aromatic carbocycles. The number of fused-ring (bicyclic) bond motifs is 1. The Bertz CT molecular complexity index is 863. The fraction of sp³-hybridized carbons (Fsp3) is 0.133. The molecule has 6 nitrogen and oxygen atoms in total. The molecule has 0 saturated carbocycles. The van der Waals surface area contributed by atoms with E-state index in [1.54, 1.807) is 6.20 Å². The van der Waals surface area contributed by atoms with Crippen LogP contribution in [0.15, 0.2) is 47.7 Å². The third-order valence-corrected chi connectivity index (χ3v) is 3.38. The highest BCUT2D eigenvalue weighted by atomic mass is 16.2. The molecule has 21 heavy (non-hydrogen) atoms. The van der Waals surface area contributed by atoms with Gasteiger partial charge < -0.3 is 14.9 Å². The zero-order valence-electron chi connectivity index (χ0n) is 11.5. The second kappa shape index (κ2) is 5.24. The van der Waals surface area contributed by atoms with Gasteiger partial charge in [-0.3, -0.25) is 9.59 Å². The van der Waals surface area contributed by atoms with Gasteiger partial charge in [0.05, 0.1) is 6.54 Å². The molecule has 0 aliphatic carbocycles. The lowest BCUT2D eigenvalue weighted by Crippen LogP contribution is -2.32. The summed E-state index contributed by atoms with van der Waals surface area (Å²) >= 11 is 0. The Morgan fingerprint density at radius 2 is 2.24 bits per heavy atom. The molecule has 0 atom stereocenters. The number of hydrogen-bond donors (Lipinski definition) is 2. The topological polar surface area (TPSA) is 79.8 Å². The Hall–Kier alpha value is -2.89.